The summed E-state index contributed by atoms with van der Waals surface area (Å²) in [7, 11) is 0. The molecular weight excluding hydrogens is 903 g/mol. The van der Waals surface area contributed by atoms with Crippen LogP contribution in [0.3, 0.4) is 0 Å². The first-order valence-corrected chi connectivity index (χ1v) is 26.3. The predicted molar refractivity (Wildman–Crippen MR) is 314 cm³/mol. The summed E-state index contributed by atoms with van der Waals surface area (Å²) in [5, 5.41) is 2.58. The van der Waals surface area contributed by atoms with Crippen LogP contribution < -0.4 is 4.90 Å². The van der Waals surface area contributed by atoms with Crippen molar-refractivity contribution in [1.29, 1.82) is 0 Å². The van der Waals surface area contributed by atoms with Crippen molar-refractivity contribution in [2.75, 3.05) is 4.90 Å². The number of benzene rings is 12. The molecule has 12 aromatic carbocycles. The van der Waals surface area contributed by atoms with Gasteiger partial charge in [-0.05, 0) is 158 Å². The Labute approximate surface area is 439 Å². The molecule has 15 rings (SSSR count). The number of rotatable bonds is 7. The quantitative estimate of drug-likeness (QED) is 0.154. The lowest BCUT2D eigenvalue weighted by molar-refractivity contribution is 0.666. The van der Waals surface area contributed by atoms with Crippen LogP contribution >= 0.6 is 0 Å². The Balaban J connectivity index is 0.947. The Morgan fingerprint density at radius 2 is 0.627 bits per heavy atom. The van der Waals surface area contributed by atoms with Crippen LogP contribution in [-0.2, 0) is 10.8 Å². The molecule has 0 fully saturated rings. The largest absolute Gasteiger partial charge is 0.310 e. The van der Waals surface area contributed by atoms with E-state index in [1.54, 1.807) is 0 Å². The maximum absolute atomic E-state index is 2.50. The highest BCUT2D eigenvalue weighted by Gasteiger charge is 2.51. The van der Waals surface area contributed by atoms with Crippen molar-refractivity contribution in [2.24, 2.45) is 0 Å². The van der Waals surface area contributed by atoms with E-state index in [-0.39, 0.29) is 5.41 Å². The second-order valence-electron chi connectivity index (χ2n) is 21.1. The van der Waals surface area contributed by atoms with Crippen LogP contribution in [0.15, 0.2) is 273 Å². The van der Waals surface area contributed by atoms with Crippen LogP contribution in [-0.4, -0.2) is 0 Å². The molecule has 75 heavy (non-hydrogen) atoms. The summed E-state index contributed by atoms with van der Waals surface area (Å²) in [4.78, 5) is 2.47. The Hall–Kier alpha value is -9.30. The number of fused-ring (bicyclic) bond motifs is 15. The first-order chi connectivity index (χ1) is 37.0. The van der Waals surface area contributed by atoms with Crippen molar-refractivity contribution in [3.8, 4) is 77.9 Å². The normalized spacial score (nSPS) is 13.7. The Morgan fingerprint density at radius 1 is 0.253 bits per heavy atom. The Bertz CT molecular complexity index is 4160. The highest BCUT2D eigenvalue weighted by atomic mass is 15.1. The number of anilines is 3. The molecule has 0 saturated carbocycles. The fourth-order valence-electron chi connectivity index (χ4n) is 13.7. The van der Waals surface area contributed by atoms with Crippen LogP contribution in [0.25, 0.3) is 88.7 Å². The lowest BCUT2D eigenvalue weighted by Gasteiger charge is -2.32. The van der Waals surface area contributed by atoms with E-state index in [1.807, 2.05) is 0 Å². The van der Waals surface area contributed by atoms with E-state index in [0.717, 1.165) is 17.1 Å². The van der Waals surface area contributed by atoms with Gasteiger partial charge in [0.05, 0.1) is 5.41 Å². The molecule has 0 saturated heterocycles. The minimum atomic E-state index is -0.460. The first kappa shape index (κ1) is 43.3. The zero-order valence-electron chi connectivity index (χ0n) is 41.9. The van der Waals surface area contributed by atoms with Gasteiger partial charge in [0.2, 0.25) is 0 Å². The van der Waals surface area contributed by atoms with Gasteiger partial charge < -0.3 is 4.90 Å². The summed E-state index contributed by atoms with van der Waals surface area (Å²) < 4.78 is 0. The monoisotopic (exact) mass is 953 g/mol. The summed E-state index contributed by atoms with van der Waals surface area (Å²) in [5.74, 6) is 0. The van der Waals surface area contributed by atoms with Crippen LogP contribution in [0.5, 0.6) is 0 Å². The van der Waals surface area contributed by atoms with E-state index in [0.29, 0.717) is 0 Å². The second-order valence-corrected chi connectivity index (χ2v) is 21.1. The molecule has 0 bridgehead atoms. The smallest absolute Gasteiger partial charge is 0.0726 e. The number of hydrogen-bond acceptors (Lipinski definition) is 1. The fraction of sp³-hybridized carbons (Fsp3) is 0.0541. The lowest BCUT2D eigenvalue weighted by atomic mass is 9.70. The summed E-state index contributed by atoms with van der Waals surface area (Å²) in [6.07, 6.45) is 0. The molecule has 12 aromatic rings. The average Bonchev–Trinajstić information content (AvgIpc) is 4.26. The number of nitrogens with zero attached hydrogens (tertiary/aromatic N) is 1. The van der Waals surface area contributed by atoms with E-state index < -0.39 is 5.41 Å². The van der Waals surface area contributed by atoms with Gasteiger partial charge in [0.15, 0.2) is 0 Å². The lowest BCUT2D eigenvalue weighted by Crippen LogP contribution is -2.26. The van der Waals surface area contributed by atoms with Crippen molar-refractivity contribution in [3.63, 3.8) is 0 Å². The van der Waals surface area contributed by atoms with E-state index in [9.17, 15) is 0 Å². The second kappa shape index (κ2) is 16.6. The highest BCUT2D eigenvalue weighted by molar-refractivity contribution is 6.15. The highest BCUT2D eigenvalue weighted by Crippen LogP contribution is 2.64. The van der Waals surface area contributed by atoms with Crippen molar-refractivity contribution < 1.29 is 0 Å². The summed E-state index contributed by atoms with van der Waals surface area (Å²) in [5.41, 5.74) is 28.3. The van der Waals surface area contributed by atoms with Crippen molar-refractivity contribution in [1.82, 2.24) is 0 Å². The maximum Gasteiger partial charge on any atom is 0.0726 e. The minimum Gasteiger partial charge on any atom is -0.310 e. The van der Waals surface area contributed by atoms with Gasteiger partial charge in [0, 0.05) is 22.5 Å². The third-order valence-corrected chi connectivity index (χ3v) is 16.9. The van der Waals surface area contributed by atoms with Crippen LogP contribution in [0.4, 0.5) is 17.1 Å². The molecule has 0 aromatic heterocycles. The van der Waals surface area contributed by atoms with Crippen molar-refractivity contribution in [2.45, 2.75) is 24.7 Å². The molecule has 0 amide bonds. The van der Waals surface area contributed by atoms with Crippen molar-refractivity contribution in [3.05, 3.63) is 306 Å². The SMILES string of the molecule is CC1(C)c2ccccc2-c2c(-c3ccc(N(c4ccc(-c5ccccc5)cc4)c4ccc5c(c4)C4(c6ccccc6-c6ccccc64)c4ccccc4-5)cc3)c(-c3ccc(-c4ccccc4)cc3)c3ccccc3c21. The van der Waals surface area contributed by atoms with Gasteiger partial charge in [0.1, 0.15) is 0 Å². The summed E-state index contributed by atoms with van der Waals surface area (Å²) >= 11 is 0. The van der Waals surface area contributed by atoms with Gasteiger partial charge in [-0.1, -0.05) is 250 Å². The van der Waals surface area contributed by atoms with E-state index in [1.165, 1.54) is 122 Å². The molecule has 1 heteroatoms. The molecule has 0 unspecified atom stereocenters. The van der Waals surface area contributed by atoms with Gasteiger partial charge in [-0.25, -0.2) is 0 Å². The van der Waals surface area contributed by atoms with Gasteiger partial charge in [0.25, 0.3) is 0 Å². The van der Waals surface area contributed by atoms with E-state index >= 15 is 0 Å². The number of hydrogen-bond donors (Lipinski definition) is 0. The Kier molecular flexibility index (Phi) is 9.59. The Morgan fingerprint density at radius 3 is 1.17 bits per heavy atom. The van der Waals surface area contributed by atoms with E-state index in [4.69, 9.17) is 0 Å². The maximum atomic E-state index is 2.50. The first-order valence-electron chi connectivity index (χ1n) is 26.3. The van der Waals surface area contributed by atoms with Crippen LogP contribution in [0.1, 0.15) is 47.2 Å². The average molecular weight is 954 g/mol. The van der Waals surface area contributed by atoms with Crippen LogP contribution in [0.2, 0.25) is 0 Å². The topological polar surface area (TPSA) is 3.24 Å². The summed E-state index contributed by atoms with van der Waals surface area (Å²) in [6.45, 7) is 4.82. The molecule has 3 aliphatic carbocycles. The van der Waals surface area contributed by atoms with E-state index in [2.05, 4.69) is 292 Å². The molecule has 0 N–H and O–H groups in total. The molecule has 0 aliphatic heterocycles. The third-order valence-electron chi connectivity index (χ3n) is 16.9. The van der Waals surface area contributed by atoms with Crippen molar-refractivity contribution >= 4 is 27.8 Å². The molecule has 0 radical (unpaired) electrons. The third kappa shape index (κ3) is 6.31. The zero-order valence-corrected chi connectivity index (χ0v) is 41.9. The molecule has 352 valence electrons. The standard InChI is InChI=1S/C74H51N/c1-73(2)64-29-15-14-28-63(64)71-70(69(61-26-9-10-27-62(61)72(71)73)52-35-33-50(34-36-52)48-19-5-3-6-20-48)53-39-43-55(44-40-53)75(54-41-37-51(38-42-54)49-21-7-4-8-22-49)56-45-46-60-59-25-13-18-32-67(59)74(68(60)47-56)65-30-16-11-23-57(65)58-24-12-17-31-66(58)74/h3-47H,1-2H3. The fourth-order valence-corrected chi connectivity index (χ4v) is 13.7. The van der Waals surface area contributed by atoms with Gasteiger partial charge >= 0.3 is 0 Å². The molecule has 3 aliphatic rings. The molecule has 1 nitrogen and oxygen atoms in total. The van der Waals surface area contributed by atoms with Crippen LogP contribution in [0, 0.1) is 0 Å². The molecule has 1 spiro atoms. The van der Waals surface area contributed by atoms with Gasteiger partial charge in [-0.15, -0.1) is 0 Å². The van der Waals surface area contributed by atoms with Gasteiger partial charge in [-0.3, -0.25) is 0 Å². The molecule has 0 heterocycles. The molecule has 0 atom stereocenters. The minimum absolute atomic E-state index is 0.205. The van der Waals surface area contributed by atoms with Gasteiger partial charge in [-0.2, -0.15) is 0 Å². The zero-order chi connectivity index (χ0) is 49.8. The summed E-state index contributed by atoms with van der Waals surface area (Å²) in [6, 6.07) is 102. The predicted octanol–water partition coefficient (Wildman–Crippen LogP) is 19.6. The molecular formula is C74H51N.